The highest BCUT2D eigenvalue weighted by Crippen LogP contribution is 2.29. The molecule has 1 rings (SSSR count). The highest BCUT2D eigenvalue weighted by atomic mass is 35.5. The van der Waals surface area contributed by atoms with Gasteiger partial charge in [0.2, 0.25) is 0 Å². The van der Waals surface area contributed by atoms with Gasteiger partial charge in [-0.1, -0.05) is 41.4 Å². The molecule has 1 aromatic carbocycles. The van der Waals surface area contributed by atoms with E-state index in [0.29, 0.717) is 10.0 Å². The number of halogens is 2. The molecule has 0 aliphatic carbocycles. The first-order valence-corrected chi connectivity index (χ1v) is 4.70. The molecule has 3 heteroatoms. The molecular weight excluding hydrogens is 205 g/mol. The molecule has 1 aromatic rings. The molecule has 0 saturated heterocycles. The fourth-order valence-electron chi connectivity index (χ4n) is 1.16. The summed E-state index contributed by atoms with van der Waals surface area (Å²) in [4.78, 5) is 0. The van der Waals surface area contributed by atoms with Crippen molar-refractivity contribution in [3.8, 4) is 0 Å². The second-order valence-corrected chi connectivity index (χ2v) is 3.43. The van der Waals surface area contributed by atoms with E-state index < -0.39 is 0 Å². The number of nitrogens with one attached hydrogen (secondary N) is 1. The highest BCUT2D eigenvalue weighted by molar-refractivity contribution is 6.42. The van der Waals surface area contributed by atoms with Gasteiger partial charge in [-0.2, -0.15) is 0 Å². The van der Waals surface area contributed by atoms with Gasteiger partial charge in [0.15, 0.2) is 0 Å². The number of likely N-dealkylation sites (N-methyl/N-ethyl adjacent to an activating group) is 1. The maximum atomic E-state index is 6.03. The fraction of sp³-hybridized carbons (Fsp3) is 0.200. The molecule has 13 heavy (non-hydrogen) atoms. The zero-order valence-electron chi connectivity index (χ0n) is 7.35. The van der Waals surface area contributed by atoms with Crippen molar-refractivity contribution in [2.45, 2.75) is 6.04 Å². The Bertz CT molecular complexity index is 310. The fourth-order valence-corrected chi connectivity index (χ4v) is 1.59. The van der Waals surface area contributed by atoms with Gasteiger partial charge in [-0.05, 0) is 18.7 Å². The van der Waals surface area contributed by atoms with Gasteiger partial charge in [0.05, 0.1) is 16.1 Å². The van der Waals surface area contributed by atoms with Crippen molar-refractivity contribution in [1.82, 2.24) is 5.32 Å². The third-order valence-electron chi connectivity index (χ3n) is 1.86. The van der Waals surface area contributed by atoms with E-state index in [0.717, 1.165) is 5.56 Å². The number of rotatable bonds is 3. The number of benzene rings is 1. The third kappa shape index (κ3) is 2.25. The summed E-state index contributed by atoms with van der Waals surface area (Å²) in [5.74, 6) is 0. The van der Waals surface area contributed by atoms with Crippen LogP contribution in [0.3, 0.4) is 0 Å². The molecule has 1 unspecified atom stereocenters. The second-order valence-electron chi connectivity index (χ2n) is 2.65. The number of hydrogen-bond acceptors (Lipinski definition) is 1. The Morgan fingerprint density at radius 2 is 2.15 bits per heavy atom. The summed E-state index contributed by atoms with van der Waals surface area (Å²) in [5.41, 5.74) is 0.951. The lowest BCUT2D eigenvalue weighted by Crippen LogP contribution is -2.13. The lowest BCUT2D eigenvalue weighted by atomic mass is 10.1. The predicted molar refractivity (Wildman–Crippen MR) is 58.5 cm³/mol. The maximum absolute atomic E-state index is 6.03. The molecule has 0 fully saturated rings. The molecule has 0 aromatic heterocycles. The van der Waals surface area contributed by atoms with Crippen LogP contribution in [0.15, 0.2) is 30.9 Å². The summed E-state index contributed by atoms with van der Waals surface area (Å²) in [6.07, 6.45) is 1.79. The zero-order valence-corrected chi connectivity index (χ0v) is 8.86. The molecule has 1 N–H and O–H groups in total. The summed E-state index contributed by atoms with van der Waals surface area (Å²) >= 11 is 11.9. The van der Waals surface area contributed by atoms with Crippen LogP contribution in [-0.4, -0.2) is 7.05 Å². The molecule has 0 heterocycles. The van der Waals surface area contributed by atoms with E-state index >= 15 is 0 Å². The normalized spacial score (nSPS) is 12.5. The van der Waals surface area contributed by atoms with Crippen molar-refractivity contribution >= 4 is 23.2 Å². The van der Waals surface area contributed by atoms with E-state index in [2.05, 4.69) is 11.9 Å². The van der Waals surface area contributed by atoms with Crippen LogP contribution in [0.25, 0.3) is 0 Å². The van der Waals surface area contributed by atoms with Crippen LogP contribution in [-0.2, 0) is 0 Å². The van der Waals surface area contributed by atoms with Crippen LogP contribution in [0.4, 0.5) is 0 Å². The molecule has 0 radical (unpaired) electrons. The Kier molecular flexibility index (Phi) is 3.79. The van der Waals surface area contributed by atoms with Crippen molar-refractivity contribution < 1.29 is 0 Å². The zero-order chi connectivity index (χ0) is 9.84. The Morgan fingerprint density at radius 3 is 2.69 bits per heavy atom. The van der Waals surface area contributed by atoms with Crippen LogP contribution in [0.5, 0.6) is 0 Å². The van der Waals surface area contributed by atoms with Crippen LogP contribution >= 0.6 is 23.2 Å². The van der Waals surface area contributed by atoms with E-state index in [4.69, 9.17) is 23.2 Å². The molecule has 0 aliphatic rings. The summed E-state index contributed by atoms with van der Waals surface area (Å²) < 4.78 is 0. The largest absolute Gasteiger partial charge is 0.310 e. The molecule has 70 valence electrons. The minimum Gasteiger partial charge on any atom is -0.310 e. The van der Waals surface area contributed by atoms with E-state index in [-0.39, 0.29) is 6.04 Å². The maximum Gasteiger partial charge on any atom is 0.0643 e. The van der Waals surface area contributed by atoms with Crippen molar-refractivity contribution in [1.29, 1.82) is 0 Å². The SMILES string of the molecule is C=CC(NC)c1cccc(Cl)c1Cl. The van der Waals surface area contributed by atoms with Crippen molar-refractivity contribution in [3.05, 3.63) is 46.5 Å². The summed E-state index contributed by atoms with van der Waals surface area (Å²) in [5, 5.41) is 4.23. The standard InChI is InChI=1S/C10H11Cl2N/c1-3-9(13-2)7-5-4-6-8(11)10(7)12/h3-6,9,13H,1H2,2H3. The van der Waals surface area contributed by atoms with Crippen LogP contribution in [0, 0.1) is 0 Å². The molecular formula is C10H11Cl2N. The molecule has 0 saturated carbocycles. The van der Waals surface area contributed by atoms with Gasteiger partial charge in [-0.25, -0.2) is 0 Å². The van der Waals surface area contributed by atoms with Crippen molar-refractivity contribution in [2.24, 2.45) is 0 Å². The monoisotopic (exact) mass is 215 g/mol. The summed E-state index contributed by atoms with van der Waals surface area (Å²) in [7, 11) is 1.85. The first-order valence-electron chi connectivity index (χ1n) is 3.94. The third-order valence-corrected chi connectivity index (χ3v) is 2.70. The van der Waals surface area contributed by atoms with Gasteiger partial charge in [0.25, 0.3) is 0 Å². The van der Waals surface area contributed by atoms with Crippen molar-refractivity contribution in [2.75, 3.05) is 7.05 Å². The highest BCUT2D eigenvalue weighted by Gasteiger charge is 2.10. The minimum atomic E-state index is 0.0474. The Hall–Kier alpha value is -0.500. The smallest absolute Gasteiger partial charge is 0.0643 e. The second kappa shape index (κ2) is 4.66. The van der Waals surface area contributed by atoms with Gasteiger partial charge in [-0.15, -0.1) is 6.58 Å². The minimum absolute atomic E-state index is 0.0474. The first-order chi connectivity index (χ1) is 6.20. The predicted octanol–water partition coefficient (Wildman–Crippen LogP) is 3.44. The van der Waals surface area contributed by atoms with Gasteiger partial charge < -0.3 is 5.32 Å². The Balaban J connectivity index is 3.13. The Labute approximate surface area is 88.4 Å². The molecule has 0 amide bonds. The molecule has 0 spiro atoms. The van der Waals surface area contributed by atoms with E-state index in [1.54, 1.807) is 12.1 Å². The lowest BCUT2D eigenvalue weighted by molar-refractivity contribution is 0.716. The summed E-state index contributed by atoms with van der Waals surface area (Å²) in [6, 6.07) is 5.61. The number of hydrogen-bond donors (Lipinski definition) is 1. The molecule has 0 bridgehead atoms. The Morgan fingerprint density at radius 1 is 1.46 bits per heavy atom. The lowest BCUT2D eigenvalue weighted by Gasteiger charge is -2.13. The van der Waals surface area contributed by atoms with Gasteiger partial charge in [0.1, 0.15) is 0 Å². The van der Waals surface area contributed by atoms with Crippen LogP contribution < -0.4 is 5.32 Å². The van der Waals surface area contributed by atoms with Crippen molar-refractivity contribution in [3.63, 3.8) is 0 Å². The average molecular weight is 216 g/mol. The van der Waals surface area contributed by atoms with E-state index in [9.17, 15) is 0 Å². The van der Waals surface area contributed by atoms with E-state index in [1.165, 1.54) is 0 Å². The summed E-state index contributed by atoms with van der Waals surface area (Å²) in [6.45, 7) is 3.71. The molecule has 1 nitrogen and oxygen atoms in total. The van der Waals surface area contributed by atoms with E-state index in [1.807, 2.05) is 19.2 Å². The van der Waals surface area contributed by atoms with Crippen LogP contribution in [0.1, 0.15) is 11.6 Å². The van der Waals surface area contributed by atoms with Crippen LogP contribution in [0.2, 0.25) is 10.0 Å². The van der Waals surface area contributed by atoms with Gasteiger partial charge in [-0.3, -0.25) is 0 Å². The molecule has 1 atom stereocenters. The topological polar surface area (TPSA) is 12.0 Å². The van der Waals surface area contributed by atoms with Gasteiger partial charge in [0, 0.05) is 0 Å². The van der Waals surface area contributed by atoms with Gasteiger partial charge >= 0.3 is 0 Å². The molecule has 0 aliphatic heterocycles. The average Bonchev–Trinajstić information content (AvgIpc) is 2.14. The quantitative estimate of drug-likeness (QED) is 0.763. The first kappa shape index (κ1) is 10.6.